The van der Waals surface area contributed by atoms with E-state index in [1.807, 2.05) is 0 Å². The fraction of sp³-hybridized carbons (Fsp3) is 0.154. The Morgan fingerprint density at radius 1 is 0.674 bits per heavy atom. The van der Waals surface area contributed by atoms with Gasteiger partial charge in [-0.2, -0.15) is 4.73 Å². The summed E-state index contributed by atoms with van der Waals surface area (Å²) in [4.78, 5) is 64.8. The molecule has 0 saturated carbocycles. The Kier molecular flexibility index (Phi) is 13.9. The largest absolute Gasteiger partial charge is 0.618 e. The third-order valence-electron chi connectivity index (χ3n) is 5.07. The molecule has 0 spiro atoms. The molecule has 0 aliphatic rings. The first-order chi connectivity index (χ1) is 20.4. The lowest BCUT2D eigenvalue weighted by Crippen LogP contribution is -2.31. The predicted octanol–water partition coefficient (Wildman–Crippen LogP) is 5.22. The van der Waals surface area contributed by atoms with Gasteiger partial charge in [0.05, 0.1) is 43.4 Å². The standard InChI is InChI=1S/C13H11N3O4.C13H11N3O3.Cl3P/c1-8(17)11-7-16(19)12(6-15-11)10-4-3-9(5-14-10)13(18)20-2;1-8(17)11-6-16-12(7-15-11)10-4-3-9(5-14-10)13(18)19-2;1-4(2)3/h3-7H,1-2H3;3-7H,1-2H3;. The fourth-order valence-electron chi connectivity index (χ4n) is 2.97. The molecule has 4 rings (SSSR count). The number of hydrogen-bond donors (Lipinski definition) is 0. The topological polar surface area (TPSA) is 178 Å². The highest BCUT2D eigenvalue weighted by Gasteiger charge is 2.15. The number of ether oxygens (including phenoxy) is 2. The van der Waals surface area contributed by atoms with Gasteiger partial charge in [0.15, 0.2) is 23.2 Å². The molecule has 0 aromatic carbocycles. The molecule has 0 fully saturated rings. The summed E-state index contributed by atoms with van der Waals surface area (Å²) in [7, 11) is 2.58. The van der Waals surface area contributed by atoms with Crippen LogP contribution in [0.25, 0.3) is 22.8 Å². The van der Waals surface area contributed by atoms with Gasteiger partial charge in [-0.25, -0.2) is 24.5 Å². The first kappa shape index (κ1) is 35.0. The van der Waals surface area contributed by atoms with Gasteiger partial charge in [-0.15, -0.1) is 0 Å². The number of halogens is 3. The first-order valence-corrected chi connectivity index (χ1v) is 15.7. The molecule has 13 nitrogen and oxygen atoms in total. The van der Waals surface area contributed by atoms with Crippen LogP contribution in [0, 0.1) is 5.21 Å². The zero-order valence-corrected chi connectivity index (χ0v) is 26.1. The molecule has 17 heteroatoms. The normalized spacial score (nSPS) is 9.95. The molecule has 0 N–H and O–H groups in total. The molecule has 0 bridgehead atoms. The molecule has 4 aromatic heterocycles. The average molecular weight is 668 g/mol. The van der Waals surface area contributed by atoms with Gasteiger partial charge in [0.1, 0.15) is 23.3 Å². The predicted molar refractivity (Wildman–Crippen MR) is 159 cm³/mol. The van der Waals surface area contributed by atoms with Crippen LogP contribution in [0.2, 0.25) is 0 Å². The number of carbonyl (C=O) groups is 4. The lowest BCUT2D eigenvalue weighted by atomic mass is 10.2. The summed E-state index contributed by atoms with van der Waals surface area (Å²) >= 11 is 14.6. The van der Waals surface area contributed by atoms with Crippen molar-refractivity contribution in [3.63, 3.8) is 0 Å². The third kappa shape index (κ3) is 10.9. The minimum atomic E-state index is -1.20. The molecule has 0 aliphatic carbocycles. The van der Waals surface area contributed by atoms with Gasteiger partial charge in [-0.1, -0.05) is 33.7 Å². The minimum absolute atomic E-state index is 0.0786. The molecular formula is C26H22Cl3N6O7P. The molecule has 0 amide bonds. The Morgan fingerprint density at radius 2 is 1.14 bits per heavy atom. The zero-order valence-electron chi connectivity index (χ0n) is 22.9. The van der Waals surface area contributed by atoms with Crippen molar-refractivity contribution in [2.45, 2.75) is 13.8 Å². The molecule has 4 heterocycles. The Labute approximate surface area is 260 Å². The number of esters is 2. The lowest BCUT2D eigenvalue weighted by Gasteiger charge is -2.05. The van der Waals surface area contributed by atoms with Crippen LogP contribution in [0.1, 0.15) is 55.5 Å². The number of pyridine rings is 2. The van der Waals surface area contributed by atoms with E-state index in [4.69, 9.17) is 33.7 Å². The number of ketones is 2. The Bertz CT molecular complexity index is 1570. The highest BCUT2D eigenvalue weighted by atomic mass is 36.0. The van der Waals surface area contributed by atoms with Gasteiger partial charge in [-0.3, -0.25) is 19.6 Å². The molecular weight excluding hydrogens is 646 g/mol. The number of methoxy groups -OCH3 is 2. The second-order valence-corrected chi connectivity index (χ2v) is 12.9. The zero-order chi connectivity index (χ0) is 32.1. The van der Waals surface area contributed by atoms with Crippen molar-refractivity contribution in [2.24, 2.45) is 0 Å². The van der Waals surface area contributed by atoms with Crippen LogP contribution in [0.3, 0.4) is 0 Å². The van der Waals surface area contributed by atoms with Crippen molar-refractivity contribution in [3.05, 3.63) is 89.2 Å². The fourth-order valence-corrected chi connectivity index (χ4v) is 2.97. The van der Waals surface area contributed by atoms with Gasteiger partial charge < -0.3 is 14.7 Å². The smallest absolute Gasteiger partial charge is 0.339 e. The Morgan fingerprint density at radius 3 is 1.51 bits per heavy atom. The van der Waals surface area contributed by atoms with E-state index in [9.17, 15) is 24.4 Å². The summed E-state index contributed by atoms with van der Waals surface area (Å²) in [5.41, 5.74) is 2.64. The molecule has 0 radical (unpaired) electrons. The van der Waals surface area contributed by atoms with E-state index in [0.29, 0.717) is 33.1 Å². The maximum Gasteiger partial charge on any atom is 0.339 e. The van der Waals surface area contributed by atoms with Crippen LogP contribution < -0.4 is 4.73 Å². The van der Waals surface area contributed by atoms with Crippen LogP contribution in [0.4, 0.5) is 0 Å². The molecule has 4 aromatic rings. The van der Waals surface area contributed by atoms with Gasteiger partial charge in [-0.05, 0) is 24.3 Å². The van der Waals surface area contributed by atoms with Gasteiger partial charge in [0.25, 0.3) is 5.69 Å². The molecule has 0 saturated heterocycles. The summed E-state index contributed by atoms with van der Waals surface area (Å²) < 4.78 is 9.65. The highest BCUT2D eigenvalue weighted by Crippen LogP contribution is 2.51. The van der Waals surface area contributed by atoms with E-state index in [0.717, 1.165) is 6.20 Å². The van der Waals surface area contributed by atoms with E-state index in [1.165, 1.54) is 71.2 Å². The van der Waals surface area contributed by atoms with E-state index < -0.39 is 17.9 Å². The second kappa shape index (κ2) is 17.1. The Hall–Kier alpha value is -4.16. The van der Waals surface area contributed by atoms with E-state index >= 15 is 0 Å². The van der Waals surface area contributed by atoms with Crippen molar-refractivity contribution in [1.29, 1.82) is 0 Å². The molecule has 43 heavy (non-hydrogen) atoms. The number of hydrogen-bond acceptors (Lipinski definition) is 12. The molecule has 0 atom stereocenters. The van der Waals surface area contributed by atoms with E-state index in [2.05, 4.69) is 34.4 Å². The first-order valence-electron chi connectivity index (χ1n) is 11.7. The summed E-state index contributed by atoms with van der Waals surface area (Å²) in [5, 5.41) is 11.8. The summed E-state index contributed by atoms with van der Waals surface area (Å²) in [6, 6.07) is 6.23. The Balaban J connectivity index is 0.000000267. The van der Waals surface area contributed by atoms with Gasteiger partial charge >= 0.3 is 11.9 Å². The van der Waals surface area contributed by atoms with E-state index in [1.54, 1.807) is 12.1 Å². The van der Waals surface area contributed by atoms with Crippen LogP contribution in [0.15, 0.2) is 61.4 Å². The number of nitrogens with zero attached hydrogens (tertiary/aromatic N) is 6. The number of Topliss-reactive ketones (excluding diaryl/α,β-unsaturated/α-hetero) is 2. The van der Waals surface area contributed by atoms with Crippen molar-refractivity contribution < 1.29 is 33.4 Å². The summed E-state index contributed by atoms with van der Waals surface area (Å²) in [6.45, 7) is 2.75. The summed E-state index contributed by atoms with van der Waals surface area (Å²) in [6.07, 6.45) is 7.93. The second-order valence-electron chi connectivity index (χ2n) is 7.92. The van der Waals surface area contributed by atoms with Crippen LogP contribution in [-0.4, -0.2) is 62.6 Å². The van der Waals surface area contributed by atoms with Crippen molar-refractivity contribution in [1.82, 2.24) is 24.9 Å². The minimum Gasteiger partial charge on any atom is -0.618 e. The molecule has 224 valence electrons. The van der Waals surface area contributed by atoms with Crippen LogP contribution in [-0.2, 0) is 9.47 Å². The quantitative estimate of drug-likeness (QED) is 0.0861. The van der Waals surface area contributed by atoms with Crippen molar-refractivity contribution in [3.8, 4) is 22.8 Å². The van der Waals surface area contributed by atoms with Crippen molar-refractivity contribution >= 4 is 63.2 Å². The van der Waals surface area contributed by atoms with Crippen LogP contribution in [0.5, 0.6) is 0 Å². The van der Waals surface area contributed by atoms with Crippen molar-refractivity contribution in [2.75, 3.05) is 14.2 Å². The van der Waals surface area contributed by atoms with E-state index in [-0.39, 0.29) is 28.5 Å². The average Bonchev–Trinajstić information content (AvgIpc) is 3.00. The highest BCUT2D eigenvalue weighted by molar-refractivity contribution is 8.20. The van der Waals surface area contributed by atoms with Gasteiger partial charge in [0, 0.05) is 26.2 Å². The van der Waals surface area contributed by atoms with Gasteiger partial charge in [0.2, 0.25) is 6.20 Å². The summed E-state index contributed by atoms with van der Waals surface area (Å²) in [5.74, 6) is -2.60. The molecule has 0 aliphatic heterocycles. The number of rotatable bonds is 6. The monoisotopic (exact) mass is 666 g/mol. The maximum absolute atomic E-state index is 11.8. The third-order valence-corrected chi connectivity index (χ3v) is 5.07. The number of carbonyl (C=O) groups excluding carboxylic acids is 4. The SMILES string of the molecule is COC(=O)c1ccc(-c2cnc(C(C)=O)c[n+]2[O-])nc1.COC(=O)c1ccc(-c2cnc(C(C)=O)cn2)nc1.ClP(Cl)Cl. The number of aromatic nitrogens is 6. The maximum atomic E-state index is 11.8. The van der Waals surface area contributed by atoms with Crippen LogP contribution >= 0.6 is 39.7 Å². The lowest BCUT2D eigenvalue weighted by molar-refractivity contribution is -0.594. The molecule has 0 unspecified atom stereocenters.